The largest absolute Gasteiger partial charge is 0.508 e. The van der Waals surface area contributed by atoms with E-state index in [-0.39, 0.29) is 11.5 Å². The van der Waals surface area contributed by atoms with Gasteiger partial charge in [-0.05, 0) is 48.5 Å². The molecule has 0 heterocycles. The zero-order chi connectivity index (χ0) is 13.0. The SMILES string of the molecule is O=S(O)Oc1ccc(Oc2ccc(O)cc2)cc1. The number of benzene rings is 2. The molecule has 1 atom stereocenters. The molecule has 0 aliphatic heterocycles. The molecule has 2 rings (SSSR count). The monoisotopic (exact) mass is 266 g/mol. The van der Waals surface area contributed by atoms with Gasteiger partial charge in [-0.3, -0.25) is 4.55 Å². The van der Waals surface area contributed by atoms with Gasteiger partial charge < -0.3 is 14.0 Å². The summed E-state index contributed by atoms with van der Waals surface area (Å²) in [5.41, 5.74) is 0. The summed E-state index contributed by atoms with van der Waals surface area (Å²) < 4.78 is 29.0. The van der Waals surface area contributed by atoms with E-state index >= 15 is 0 Å². The second-order valence-corrected chi connectivity index (χ2v) is 3.97. The highest BCUT2D eigenvalue weighted by Gasteiger charge is 2.01. The standard InChI is InChI=1S/C12H10O5S/c13-9-1-3-10(4-2-9)16-11-5-7-12(8-6-11)17-18(14)15/h1-8,13H,(H,14,15). The minimum absolute atomic E-state index is 0.163. The molecule has 6 heteroatoms. The molecule has 0 aromatic heterocycles. The molecule has 5 nitrogen and oxygen atoms in total. The van der Waals surface area contributed by atoms with Crippen LogP contribution in [0.4, 0.5) is 0 Å². The molecule has 94 valence electrons. The molecule has 1 unspecified atom stereocenters. The number of phenols is 1. The highest BCUT2D eigenvalue weighted by Crippen LogP contribution is 2.25. The lowest BCUT2D eigenvalue weighted by Gasteiger charge is -2.06. The fourth-order valence-corrected chi connectivity index (χ4v) is 1.57. The van der Waals surface area contributed by atoms with E-state index < -0.39 is 11.4 Å². The minimum Gasteiger partial charge on any atom is -0.508 e. The first-order chi connectivity index (χ1) is 8.63. The van der Waals surface area contributed by atoms with Crippen molar-refractivity contribution < 1.29 is 22.8 Å². The first-order valence-corrected chi connectivity index (χ1v) is 6.03. The zero-order valence-corrected chi connectivity index (χ0v) is 9.96. The van der Waals surface area contributed by atoms with E-state index in [0.29, 0.717) is 11.5 Å². The smallest absolute Gasteiger partial charge is 0.357 e. The Morgan fingerprint density at radius 3 is 1.78 bits per heavy atom. The Hall–Kier alpha value is -2.05. The van der Waals surface area contributed by atoms with Gasteiger partial charge in [-0.2, -0.15) is 4.21 Å². The average Bonchev–Trinajstić information content (AvgIpc) is 2.34. The van der Waals surface area contributed by atoms with Gasteiger partial charge in [0.05, 0.1) is 0 Å². The summed E-state index contributed by atoms with van der Waals surface area (Å²) in [4.78, 5) is 0. The Labute approximate surface area is 106 Å². The van der Waals surface area contributed by atoms with Crippen LogP contribution in [0.25, 0.3) is 0 Å². The Kier molecular flexibility index (Phi) is 3.81. The van der Waals surface area contributed by atoms with Crippen LogP contribution < -0.4 is 8.92 Å². The topological polar surface area (TPSA) is 76.0 Å². The summed E-state index contributed by atoms with van der Waals surface area (Å²) in [5.74, 6) is 1.56. The molecule has 2 aromatic rings. The third kappa shape index (κ3) is 3.47. The van der Waals surface area contributed by atoms with E-state index in [1.807, 2.05) is 0 Å². The maximum Gasteiger partial charge on any atom is 0.357 e. The third-order valence-corrected chi connectivity index (χ3v) is 2.40. The van der Waals surface area contributed by atoms with Gasteiger partial charge in [0.1, 0.15) is 23.0 Å². The van der Waals surface area contributed by atoms with Crippen molar-refractivity contribution in [1.82, 2.24) is 0 Å². The van der Waals surface area contributed by atoms with Crippen molar-refractivity contribution >= 4 is 11.4 Å². The van der Waals surface area contributed by atoms with Crippen molar-refractivity contribution in [1.29, 1.82) is 0 Å². The summed E-state index contributed by atoms with van der Waals surface area (Å²) in [5, 5.41) is 9.12. The van der Waals surface area contributed by atoms with Crippen molar-refractivity contribution in [3.8, 4) is 23.0 Å². The molecule has 18 heavy (non-hydrogen) atoms. The molecule has 0 spiro atoms. The van der Waals surface area contributed by atoms with E-state index in [1.54, 1.807) is 24.3 Å². The lowest BCUT2D eigenvalue weighted by Crippen LogP contribution is -1.96. The lowest BCUT2D eigenvalue weighted by molar-refractivity contribution is 0.454. The van der Waals surface area contributed by atoms with Crippen LogP contribution in [0.15, 0.2) is 48.5 Å². The van der Waals surface area contributed by atoms with Crippen molar-refractivity contribution in [2.75, 3.05) is 0 Å². The molecular formula is C12H10O5S. The lowest BCUT2D eigenvalue weighted by atomic mass is 10.3. The van der Waals surface area contributed by atoms with Gasteiger partial charge in [0.2, 0.25) is 0 Å². The fourth-order valence-electron chi connectivity index (χ4n) is 1.30. The van der Waals surface area contributed by atoms with Crippen LogP contribution in [0.2, 0.25) is 0 Å². The number of hydrogen-bond donors (Lipinski definition) is 2. The third-order valence-electron chi connectivity index (χ3n) is 2.06. The van der Waals surface area contributed by atoms with Crippen molar-refractivity contribution in [2.45, 2.75) is 0 Å². The number of aromatic hydroxyl groups is 1. The maximum absolute atomic E-state index is 10.4. The van der Waals surface area contributed by atoms with Crippen LogP contribution in [-0.4, -0.2) is 13.9 Å². The van der Waals surface area contributed by atoms with Gasteiger partial charge in [0.15, 0.2) is 0 Å². The summed E-state index contributed by atoms with van der Waals surface area (Å²) in [6.07, 6.45) is 0. The Morgan fingerprint density at radius 2 is 1.28 bits per heavy atom. The molecule has 0 bridgehead atoms. The molecular weight excluding hydrogens is 256 g/mol. The summed E-state index contributed by atoms with van der Waals surface area (Å²) >= 11 is -2.33. The molecule has 0 saturated carbocycles. The van der Waals surface area contributed by atoms with Gasteiger partial charge in [-0.1, -0.05) is 0 Å². The van der Waals surface area contributed by atoms with Gasteiger partial charge in [-0.25, -0.2) is 0 Å². The Balaban J connectivity index is 2.06. The molecule has 0 fully saturated rings. The predicted octanol–water partition coefficient (Wildman–Crippen LogP) is 2.70. The van der Waals surface area contributed by atoms with Crippen LogP contribution in [0.5, 0.6) is 23.0 Å². The summed E-state index contributed by atoms with van der Waals surface area (Å²) in [6, 6.07) is 12.5. The van der Waals surface area contributed by atoms with Crippen molar-refractivity contribution in [3.05, 3.63) is 48.5 Å². The Bertz CT molecular complexity index is 535. The van der Waals surface area contributed by atoms with E-state index in [2.05, 4.69) is 4.18 Å². The molecule has 0 radical (unpaired) electrons. The van der Waals surface area contributed by atoms with Crippen LogP contribution in [0.3, 0.4) is 0 Å². The highest BCUT2D eigenvalue weighted by atomic mass is 32.2. The van der Waals surface area contributed by atoms with Gasteiger partial charge in [0.25, 0.3) is 0 Å². The van der Waals surface area contributed by atoms with Gasteiger partial charge in [-0.15, -0.1) is 0 Å². The minimum atomic E-state index is -2.33. The van der Waals surface area contributed by atoms with Crippen molar-refractivity contribution in [3.63, 3.8) is 0 Å². The number of hydrogen-bond acceptors (Lipinski definition) is 4. The van der Waals surface area contributed by atoms with Gasteiger partial charge in [0, 0.05) is 0 Å². The van der Waals surface area contributed by atoms with Crippen molar-refractivity contribution in [2.24, 2.45) is 0 Å². The van der Waals surface area contributed by atoms with E-state index in [1.165, 1.54) is 24.3 Å². The number of rotatable bonds is 4. The normalized spacial score (nSPS) is 11.8. The molecule has 0 aliphatic carbocycles. The number of ether oxygens (including phenoxy) is 1. The molecule has 0 saturated heterocycles. The second kappa shape index (κ2) is 5.52. The maximum atomic E-state index is 10.4. The molecule has 0 aliphatic rings. The first kappa shape index (κ1) is 12.4. The number of phenolic OH excluding ortho intramolecular Hbond substituents is 1. The van der Waals surface area contributed by atoms with Crippen LogP contribution in [-0.2, 0) is 11.4 Å². The first-order valence-electron chi connectivity index (χ1n) is 4.99. The van der Waals surface area contributed by atoms with E-state index in [0.717, 1.165) is 0 Å². The molecule has 0 amide bonds. The average molecular weight is 266 g/mol. The molecule has 2 aromatic carbocycles. The summed E-state index contributed by atoms with van der Waals surface area (Å²) in [7, 11) is 0. The van der Waals surface area contributed by atoms with Crippen LogP contribution in [0.1, 0.15) is 0 Å². The fraction of sp³-hybridized carbons (Fsp3) is 0. The quantitative estimate of drug-likeness (QED) is 0.832. The second-order valence-electron chi connectivity index (χ2n) is 3.37. The van der Waals surface area contributed by atoms with E-state index in [4.69, 9.17) is 14.4 Å². The zero-order valence-electron chi connectivity index (χ0n) is 9.15. The van der Waals surface area contributed by atoms with E-state index in [9.17, 15) is 4.21 Å². The highest BCUT2D eigenvalue weighted by molar-refractivity contribution is 7.74. The van der Waals surface area contributed by atoms with Crippen LogP contribution >= 0.6 is 0 Å². The summed E-state index contributed by atoms with van der Waals surface area (Å²) in [6.45, 7) is 0. The van der Waals surface area contributed by atoms with Crippen LogP contribution in [0, 0.1) is 0 Å². The van der Waals surface area contributed by atoms with Gasteiger partial charge >= 0.3 is 11.4 Å². The Morgan fingerprint density at radius 1 is 0.833 bits per heavy atom. The molecule has 2 N–H and O–H groups in total. The predicted molar refractivity (Wildman–Crippen MR) is 66.0 cm³/mol.